The van der Waals surface area contributed by atoms with Crippen molar-refractivity contribution in [2.75, 3.05) is 6.61 Å². The van der Waals surface area contributed by atoms with Gasteiger partial charge in [-0.3, -0.25) is 4.79 Å². The van der Waals surface area contributed by atoms with Crippen LogP contribution in [0.5, 0.6) is 5.75 Å². The topological polar surface area (TPSA) is 38.3 Å². The number of carbonyl (C=O) groups is 1. The van der Waals surface area contributed by atoms with Crippen molar-refractivity contribution >= 4 is 40.7 Å². The molecule has 22 heavy (non-hydrogen) atoms. The lowest BCUT2D eigenvalue weighted by Gasteiger charge is -2.15. The molecule has 2 aromatic carbocycles. The monoisotopic (exact) mass is 357 g/mol. The van der Waals surface area contributed by atoms with Crippen molar-refractivity contribution < 1.29 is 9.53 Å². The summed E-state index contributed by atoms with van der Waals surface area (Å²) in [7, 11) is 0. The molecule has 0 radical (unpaired) electrons. The second-order valence-corrected chi connectivity index (χ2v) is 5.91. The summed E-state index contributed by atoms with van der Waals surface area (Å²) in [6, 6.07) is 12.5. The third-order valence-corrected chi connectivity index (χ3v) is 4.03. The van der Waals surface area contributed by atoms with E-state index in [1.54, 1.807) is 0 Å². The van der Waals surface area contributed by atoms with E-state index in [0.717, 1.165) is 5.56 Å². The lowest BCUT2D eigenvalue weighted by atomic mass is 10.1. The molecule has 2 rings (SSSR count). The maximum atomic E-state index is 11.9. The molecule has 0 saturated heterocycles. The first-order valence-electron chi connectivity index (χ1n) is 6.59. The molecule has 0 aliphatic rings. The van der Waals surface area contributed by atoms with Gasteiger partial charge in [-0.1, -0.05) is 65.1 Å². The molecule has 0 aromatic heterocycles. The number of hydrogen-bond acceptors (Lipinski definition) is 2. The Labute approximate surface area is 144 Å². The van der Waals surface area contributed by atoms with E-state index in [9.17, 15) is 4.79 Å². The summed E-state index contributed by atoms with van der Waals surface area (Å²) in [5.41, 5.74) is 1.02. The van der Waals surface area contributed by atoms with Crippen LogP contribution in [-0.2, 0) is 4.79 Å². The summed E-state index contributed by atoms with van der Waals surface area (Å²) >= 11 is 17.7. The fraction of sp³-hybridized carbons (Fsp3) is 0.188. The van der Waals surface area contributed by atoms with Gasteiger partial charge in [-0.2, -0.15) is 0 Å². The first-order valence-corrected chi connectivity index (χ1v) is 7.72. The Balaban J connectivity index is 1.92. The van der Waals surface area contributed by atoms with Gasteiger partial charge in [-0.15, -0.1) is 0 Å². The number of rotatable bonds is 5. The Morgan fingerprint density at radius 2 is 1.73 bits per heavy atom. The molecule has 0 saturated carbocycles. The van der Waals surface area contributed by atoms with Crippen LogP contribution < -0.4 is 10.1 Å². The highest BCUT2D eigenvalue weighted by Gasteiger charge is 2.12. The minimum atomic E-state index is -0.251. The summed E-state index contributed by atoms with van der Waals surface area (Å²) in [6.45, 7) is 1.74. The zero-order valence-electron chi connectivity index (χ0n) is 11.8. The maximum absolute atomic E-state index is 11.9. The fourth-order valence-electron chi connectivity index (χ4n) is 1.87. The molecule has 116 valence electrons. The molecule has 0 aliphatic heterocycles. The van der Waals surface area contributed by atoms with Gasteiger partial charge >= 0.3 is 0 Å². The molecule has 0 aliphatic carbocycles. The number of halogens is 3. The number of amides is 1. The average Bonchev–Trinajstić information content (AvgIpc) is 2.50. The third kappa shape index (κ3) is 4.54. The summed E-state index contributed by atoms with van der Waals surface area (Å²) in [4.78, 5) is 11.9. The number of nitrogens with one attached hydrogen (secondary N) is 1. The van der Waals surface area contributed by atoms with Gasteiger partial charge in [0.2, 0.25) is 0 Å². The Kier molecular flexibility index (Phi) is 5.95. The zero-order chi connectivity index (χ0) is 16.1. The van der Waals surface area contributed by atoms with Crippen molar-refractivity contribution in [2.24, 2.45) is 0 Å². The van der Waals surface area contributed by atoms with Gasteiger partial charge < -0.3 is 10.1 Å². The Hall–Kier alpha value is -1.42. The normalized spacial score (nSPS) is 11.8. The highest BCUT2D eigenvalue weighted by Crippen LogP contribution is 2.33. The van der Waals surface area contributed by atoms with E-state index in [1.165, 1.54) is 12.1 Å². The minimum Gasteiger partial charge on any atom is -0.482 e. The number of benzene rings is 2. The minimum absolute atomic E-state index is 0.110. The standard InChI is InChI=1S/C16H14Cl3NO2/c1-10(11-5-3-2-4-6-11)20-16(21)9-22-15-8-13(18)12(17)7-14(15)19/h2-8,10H,9H2,1H3,(H,20,21). The number of hydrogen-bond donors (Lipinski definition) is 1. The molecule has 6 heteroatoms. The van der Waals surface area contributed by atoms with E-state index in [-0.39, 0.29) is 18.6 Å². The fourth-order valence-corrected chi connectivity index (χ4v) is 2.46. The molecule has 0 heterocycles. The largest absolute Gasteiger partial charge is 0.482 e. The van der Waals surface area contributed by atoms with Crippen LogP contribution in [0.25, 0.3) is 0 Å². The van der Waals surface area contributed by atoms with Gasteiger partial charge in [-0.25, -0.2) is 0 Å². The SMILES string of the molecule is CC(NC(=O)COc1cc(Cl)c(Cl)cc1Cl)c1ccccc1. The Morgan fingerprint density at radius 1 is 1.09 bits per heavy atom. The highest BCUT2D eigenvalue weighted by atomic mass is 35.5. The van der Waals surface area contributed by atoms with Crippen LogP contribution in [0.3, 0.4) is 0 Å². The first-order chi connectivity index (χ1) is 10.5. The van der Waals surface area contributed by atoms with Gasteiger partial charge in [0.15, 0.2) is 6.61 Å². The van der Waals surface area contributed by atoms with E-state index < -0.39 is 0 Å². The molecule has 1 N–H and O–H groups in total. The molecule has 2 aromatic rings. The van der Waals surface area contributed by atoms with Crippen LogP contribution in [-0.4, -0.2) is 12.5 Å². The van der Waals surface area contributed by atoms with E-state index in [0.29, 0.717) is 20.8 Å². The van der Waals surface area contributed by atoms with Crippen LogP contribution in [0.4, 0.5) is 0 Å². The van der Waals surface area contributed by atoms with Gasteiger partial charge in [0.25, 0.3) is 5.91 Å². The van der Waals surface area contributed by atoms with E-state index in [4.69, 9.17) is 39.5 Å². The second kappa shape index (κ2) is 7.73. The molecule has 0 bridgehead atoms. The zero-order valence-corrected chi connectivity index (χ0v) is 14.0. The predicted octanol–water partition coefficient (Wildman–Crippen LogP) is 4.90. The summed E-state index contributed by atoms with van der Waals surface area (Å²) in [5, 5.41) is 3.80. The molecule has 1 unspecified atom stereocenters. The van der Waals surface area contributed by atoms with Gasteiger partial charge in [0, 0.05) is 6.07 Å². The van der Waals surface area contributed by atoms with Crippen molar-refractivity contribution in [3.63, 3.8) is 0 Å². The van der Waals surface area contributed by atoms with Crippen LogP contribution in [0.1, 0.15) is 18.5 Å². The average molecular weight is 359 g/mol. The van der Waals surface area contributed by atoms with Crippen molar-refractivity contribution in [1.29, 1.82) is 0 Å². The second-order valence-electron chi connectivity index (χ2n) is 4.69. The van der Waals surface area contributed by atoms with Crippen LogP contribution in [0.2, 0.25) is 15.1 Å². The smallest absolute Gasteiger partial charge is 0.258 e. The van der Waals surface area contributed by atoms with Crippen molar-refractivity contribution in [3.8, 4) is 5.75 Å². The molecular formula is C16H14Cl3NO2. The quantitative estimate of drug-likeness (QED) is 0.772. The maximum Gasteiger partial charge on any atom is 0.258 e. The van der Waals surface area contributed by atoms with Crippen molar-refractivity contribution in [3.05, 3.63) is 63.1 Å². The van der Waals surface area contributed by atoms with E-state index >= 15 is 0 Å². The molecular weight excluding hydrogens is 345 g/mol. The summed E-state index contributed by atoms with van der Waals surface area (Å²) in [5.74, 6) is 0.0667. The van der Waals surface area contributed by atoms with Crippen molar-refractivity contribution in [1.82, 2.24) is 5.32 Å². The van der Waals surface area contributed by atoms with Gasteiger partial charge in [0.1, 0.15) is 5.75 Å². The first kappa shape index (κ1) is 16.9. The number of ether oxygens (including phenoxy) is 1. The summed E-state index contributed by atoms with van der Waals surface area (Å²) < 4.78 is 5.38. The molecule has 1 atom stereocenters. The molecule has 0 spiro atoms. The molecule has 3 nitrogen and oxygen atoms in total. The lowest BCUT2D eigenvalue weighted by Crippen LogP contribution is -2.31. The Morgan fingerprint density at radius 3 is 2.41 bits per heavy atom. The predicted molar refractivity (Wildman–Crippen MR) is 90.0 cm³/mol. The van der Waals surface area contributed by atoms with E-state index in [2.05, 4.69) is 5.32 Å². The van der Waals surface area contributed by atoms with Gasteiger partial charge in [0.05, 0.1) is 21.1 Å². The van der Waals surface area contributed by atoms with Crippen LogP contribution >= 0.6 is 34.8 Å². The van der Waals surface area contributed by atoms with E-state index in [1.807, 2.05) is 37.3 Å². The molecule has 1 amide bonds. The number of carbonyl (C=O) groups excluding carboxylic acids is 1. The highest BCUT2D eigenvalue weighted by molar-refractivity contribution is 6.43. The van der Waals surface area contributed by atoms with Crippen molar-refractivity contribution in [2.45, 2.75) is 13.0 Å². The Bertz CT molecular complexity index is 662. The van der Waals surface area contributed by atoms with Gasteiger partial charge in [-0.05, 0) is 18.6 Å². The third-order valence-electron chi connectivity index (χ3n) is 3.01. The lowest BCUT2D eigenvalue weighted by molar-refractivity contribution is -0.123. The molecule has 0 fully saturated rings. The summed E-state index contributed by atoms with van der Waals surface area (Å²) in [6.07, 6.45) is 0. The van der Waals surface area contributed by atoms with Crippen LogP contribution in [0.15, 0.2) is 42.5 Å². The van der Waals surface area contributed by atoms with Crippen LogP contribution in [0, 0.1) is 0 Å².